The largest absolute Gasteiger partial charge is 0.497 e. The van der Waals surface area contributed by atoms with Gasteiger partial charge in [0.2, 0.25) is 0 Å². The SMILES string of the molecule is COc1cccc(N2CCC(CNC(=O)NC(C)c3ccc(OC(C)C)c(OC)c3)C2)c1. The fraction of sp³-hybridized carbons (Fsp3) is 0.480. The van der Waals surface area contributed by atoms with Crippen LogP contribution in [-0.2, 0) is 0 Å². The van der Waals surface area contributed by atoms with Gasteiger partial charge in [0.25, 0.3) is 0 Å². The Morgan fingerprint density at radius 1 is 1.09 bits per heavy atom. The second kappa shape index (κ2) is 11.0. The Hall–Kier alpha value is -3.09. The van der Waals surface area contributed by atoms with E-state index in [1.165, 1.54) is 0 Å². The van der Waals surface area contributed by atoms with Crippen LogP contribution >= 0.6 is 0 Å². The van der Waals surface area contributed by atoms with Gasteiger partial charge in [0.05, 0.1) is 26.4 Å². The Morgan fingerprint density at radius 2 is 1.91 bits per heavy atom. The van der Waals surface area contributed by atoms with E-state index in [4.69, 9.17) is 14.2 Å². The highest BCUT2D eigenvalue weighted by Crippen LogP contribution is 2.31. The molecule has 0 aromatic heterocycles. The van der Waals surface area contributed by atoms with Crippen LogP contribution in [0, 0.1) is 5.92 Å². The molecule has 2 amide bonds. The molecule has 0 aliphatic carbocycles. The van der Waals surface area contributed by atoms with Crippen molar-refractivity contribution in [2.75, 3.05) is 38.8 Å². The van der Waals surface area contributed by atoms with Crippen LogP contribution in [-0.4, -0.2) is 46.0 Å². The molecule has 2 aromatic carbocycles. The maximum atomic E-state index is 12.5. The molecule has 2 unspecified atom stereocenters. The van der Waals surface area contributed by atoms with Gasteiger partial charge in [0.15, 0.2) is 11.5 Å². The van der Waals surface area contributed by atoms with Crippen molar-refractivity contribution in [2.45, 2.75) is 39.3 Å². The summed E-state index contributed by atoms with van der Waals surface area (Å²) >= 11 is 0. The summed E-state index contributed by atoms with van der Waals surface area (Å²) in [6.45, 7) is 8.44. The normalized spacial score (nSPS) is 16.6. The number of hydrogen-bond donors (Lipinski definition) is 2. The predicted octanol–water partition coefficient (Wildman–Crippen LogP) is 4.38. The molecule has 0 saturated carbocycles. The molecule has 174 valence electrons. The minimum Gasteiger partial charge on any atom is -0.497 e. The number of amides is 2. The van der Waals surface area contributed by atoms with Crippen LogP contribution in [0.15, 0.2) is 42.5 Å². The van der Waals surface area contributed by atoms with Gasteiger partial charge in [0, 0.05) is 31.4 Å². The van der Waals surface area contributed by atoms with Crippen molar-refractivity contribution >= 4 is 11.7 Å². The summed E-state index contributed by atoms with van der Waals surface area (Å²) in [5, 5.41) is 6.04. The number of urea groups is 1. The lowest BCUT2D eigenvalue weighted by Gasteiger charge is -2.20. The molecule has 2 aromatic rings. The molecule has 1 fully saturated rings. The molecule has 0 bridgehead atoms. The van der Waals surface area contributed by atoms with E-state index < -0.39 is 0 Å². The van der Waals surface area contributed by atoms with Crippen molar-refractivity contribution in [3.05, 3.63) is 48.0 Å². The number of benzene rings is 2. The van der Waals surface area contributed by atoms with Gasteiger partial charge in [-0.25, -0.2) is 4.79 Å². The Kier molecular flexibility index (Phi) is 8.09. The fourth-order valence-corrected chi connectivity index (χ4v) is 3.91. The van der Waals surface area contributed by atoms with Crippen LogP contribution in [0.25, 0.3) is 0 Å². The maximum Gasteiger partial charge on any atom is 0.315 e. The molecule has 2 atom stereocenters. The zero-order valence-electron chi connectivity index (χ0n) is 19.7. The Bertz CT molecular complexity index is 903. The quantitative estimate of drug-likeness (QED) is 0.604. The number of rotatable bonds is 9. The fourth-order valence-electron chi connectivity index (χ4n) is 3.91. The summed E-state index contributed by atoms with van der Waals surface area (Å²) in [6.07, 6.45) is 1.10. The molecule has 0 spiro atoms. The summed E-state index contributed by atoms with van der Waals surface area (Å²) in [5.74, 6) is 2.63. The van der Waals surface area contributed by atoms with Gasteiger partial charge in [-0.05, 0) is 62.9 Å². The number of anilines is 1. The third-order valence-electron chi connectivity index (χ3n) is 5.65. The molecule has 7 heteroatoms. The summed E-state index contributed by atoms with van der Waals surface area (Å²) in [6, 6.07) is 13.5. The smallest absolute Gasteiger partial charge is 0.315 e. The second-order valence-electron chi connectivity index (χ2n) is 8.46. The molecular formula is C25H35N3O4. The summed E-state index contributed by atoms with van der Waals surface area (Å²) < 4.78 is 16.5. The molecule has 32 heavy (non-hydrogen) atoms. The zero-order chi connectivity index (χ0) is 23.1. The minimum atomic E-state index is -0.168. The Labute approximate surface area is 191 Å². The molecule has 3 rings (SSSR count). The van der Waals surface area contributed by atoms with Gasteiger partial charge in [0.1, 0.15) is 5.75 Å². The van der Waals surface area contributed by atoms with Crippen LogP contribution in [0.3, 0.4) is 0 Å². The number of methoxy groups -OCH3 is 2. The van der Waals surface area contributed by atoms with Crippen molar-refractivity contribution in [1.82, 2.24) is 10.6 Å². The first-order valence-electron chi connectivity index (χ1n) is 11.2. The van der Waals surface area contributed by atoms with E-state index >= 15 is 0 Å². The van der Waals surface area contributed by atoms with Gasteiger partial charge >= 0.3 is 6.03 Å². The number of carbonyl (C=O) groups is 1. The highest BCUT2D eigenvalue weighted by atomic mass is 16.5. The lowest BCUT2D eigenvalue weighted by molar-refractivity contribution is 0.230. The molecule has 2 N–H and O–H groups in total. The minimum absolute atomic E-state index is 0.0616. The van der Waals surface area contributed by atoms with Crippen molar-refractivity contribution in [3.63, 3.8) is 0 Å². The van der Waals surface area contributed by atoms with Gasteiger partial charge in [-0.15, -0.1) is 0 Å². The predicted molar refractivity (Wildman–Crippen MR) is 127 cm³/mol. The van der Waals surface area contributed by atoms with Crippen LogP contribution in [0.5, 0.6) is 17.2 Å². The Balaban J connectivity index is 1.48. The molecule has 1 aliphatic rings. The maximum absolute atomic E-state index is 12.5. The average Bonchev–Trinajstić information content (AvgIpc) is 3.26. The third-order valence-corrected chi connectivity index (χ3v) is 5.65. The first kappa shape index (κ1) is 23.6. The topological polar surface area (TPSA) is 72.1 Å². The second-order valence-corrected chi connectivity index (χ2v) is 8.46. The number of hydrogen-bond acceptors (Lipinski definition) is 5. The molecule has 7 nitrogen and oxygen atoms in total. The van der Waals surface area contributed by atoms with Crippen molar-refractivity contribution in [2.24, 2.45) is 5.92 Å². The number of carbonyl (C=O) groups excluding carboxylic acids is 1. The lowest BCUT2D eigenvalue weighted by Crippen LogP contribution is -2.40. The van der Waals surface area contributed by atoms with E-state index in [1.54, 1.807) is 14.2 Å². The van der Waals surface area contributed by atoms with E-state index in [0.717, 1.165) is 36.5 Å². The van der Waals surface area contributed by atoms with E-state index in [-0.39, 0.29) is 18.2 Å². The zero-order valence-corrected chi connectivity index (χ0v) is 19.7. The first-order chi connectivity index (χ1) is 15.4. The lowest BCUT2D eigenvalue weighted by atomic mass is 10.1. The van der Waals surface area contributed by atoms with Crippen LogP contribution < -0.4 is 29.7 Å². The molecule has 1 aliphatic heterocycles. The van der Waals surface area contributed by atoms with E-state index in [2.05, 4.69) is 27.7 Å². The first-order valence-corrected chi connectivity index (χ1v) is 11.2. The van der Waals surface area contributed by atoms with E-state index in [0.29, 0.717) is 24.0 Å². The highest BCUT2D eigenvalue weighted by Gasteiger charge is 2.23. The average molecular weight is 442 g/mol. The van der Waals surface area contributed by atoms with E-state index in [9.17, 15) is 4.79 Å². The van der Waals surface area contributed by atoms with Gasteiger partial charge in [-0.2, -0.15) is 0 Å². The van der Waals surface area contributed by atoms with Crippen molar-refractivity contribution in [3.8, 4) is 17.2 Å². The third kappa shape index (κ3) is 6.22. The van der Waals surface area contributed by atoms with Gasteiger partial charge in [-0.1, -0.05) is 12.1 Å². The van der Waals surface area contributed by atoms with Gasteiger partial charge < -0.3 is 29.7 Å². The summed E-state index contributed by atoms with van der Waals surface area (Å²) in [4.78, 5) is 14.8. The van der Waals surface area contributed by atoms with Gasteiger partial charge in [-0.3, -0.25) is 0 Å². The number of nitrogens with zero attached hydrogens (tertiary/aromatic N) is 1. The summed E-state index contributed by atoms with van der Waals surface area (Å²) in [7, 11) is 3.30. The highest BCUT2D eigenvalue weighted by molar-refractivity contribution is 5.74. The Morgan fingerprint density at radius 3 is 2.62 bits per heavy atom. The molecular weight excluding hydrogens is 406 g/mol. The van der Waals surface area contributed by atoms with E-state index in [1.807, 2.05) is 51.1 Å². The molecule has 1 saturated heterocycles. The monoisotopic (exact) mass is 441 g/mol. The van der Waals surface area contributed by atoms with Crippen LogP contribution in [0.2, 0.25) is 0 Å². The summed E-state index contributed by atoms with van der Waals surface area (Å²) in [5.41, 5.74) is 2.11. The van der Waals surface area contributed by atoms with Crippen molar-refractivity contribution in [1.29, 1.82) is 0 Å². The standard InChI is InChI=1S/C25H35N3O4/c1-17(2)32-23-10-9-20(13-24(23)31-5)18(3)27-25(29)26-15-19-11-12-28(16-19)21-7-6-8-22(14-21)30-4/h6-10,13-14,17-19H,11-12,15-16H2,1-5H3,(H2,26,27,29). The molecule has 0 radical (unpaired) electrons. The molecule has 1 heterocycles. The van der Waals surface area contributed by atoms with Crippen LogP contribution in [0.4, 0.5) is 10.5 Å². The van der Waals surface area contributed by atoms with Crippen molar-refractivity contribution < 1.29 is 19.0 Å². The number of nitrogens with one attached hydrogen (secondary N) is 2. The number of ether oxygens (including phenoxy) is 3. The van der Waals surface area contributed by atoms with Crippen LogP contribution in [0.1, 0.15) is 38.8 Å².